The van der Waals surface area contributed by atoms with Crippen LogP contribution in [0.2, 0.25) is 0 Å². The zero-order chi connectivity index (χ0) is 20.1. The van der Waals surface area contributed by atoms with Crippen molar-refractivity contribution in [1.29, 1.82) is 0 Å². The molecule has 1 aliphatic heterocycles. The second kappa shape index (κ2) is 9.07. The van der Waals surface area contributed by atoms with Gasteiger partial charge in [-0.05, 0) is 48.2 Å². The number of amides is 2. The van der Waals surface area contributed by atoms with E-state index in [2.05, 4.69) is 11.4 Å². The normalized spacial score (nSPS) is 14.0. The molecule has 0 spiro atoms. The van der Waals surface area contributed by atoms with E-state index in [0.29, 0.717) is 25.2 Å². The molecular formula is C22H23N3O3S. The number of nitrogens with one attached hydrogen (secondary N) is 1. The standard InChI is InChI=1S/C22H23N3O3S/c26-21(23-17-5-1-6-18(13-17)25-10-2-9-22(25)27)16-24(14-19-7-3-11-28-19)15-20-8-4-12-29-20/h1,3-8,11-13H,2,9-10,14-16H2,(H,23,26). The maximum Gasteiger partial charge on any atom is 0.238 e. The summed E-state index contributed by atoms with van der Waals surface area (Å²) in [5, 5.41) is 5.00. The van der Waals surface area contributed by atoms with Crippen LogP contribution in [-0.4, -0.2) is 29.8 Å². The van der Waals surface area contributed by atoms with Crippen molar-refractivity contribution in [2.45, 2.75) is 25.9 Å². The third-order valence-corrected chi connectivity index (χ3v) is 5.66. The lowest BCUT2D eigenvalue weighted by Crippen LogP contribution is -2.32. The quantitative estimate of drug-likeness (QED) is 0.608. The fourth-order valence-electron chi connectivity index (χ4n) is 3.49. The van der Waals surface area contributed by atoms with E-state index in [0.717, 1.165) is 24.4 Å². The average Bonchev–Trinajstić information content (AvgIpc) is 3.45. The van der Waals surface area contributed by atoms with Gasteiger partial charge in [-0.25, -0.2) is 0 Å². The van der Waals surface area contributed by atoms with E-state index >= 15 is 0 Å². The van der Waals surface area contributed by atoms with Crippen molar-refractivity contribution in [3.8, 4) is 0 Å². The number of nitrogens with zero attached hydrogens (tertiary/aromatic N) is 2. The Morgan fingerprint density at radius 3 is 2.83 bits per heavy atom. The summed E-state index contributed by atoms with van der Waals surface area (Å²) in [4.78, 5) is 29.7. The first-order valence-electron chi connectivity index (χ1n) is 9.65. The Labute approximate surface area is 173 Å². The van der Waals surface area contributed by atoms with Crippen molar-refractivity contribution in [3.05, 3.63) is 70.8 Å². The van der Waals surface area contributed by atoms with Gasteiger partial charge in [0.05, 0.1) is 19.4 Å². The molecule has 1 saturated heterocycles. The van der Waals surface area contributed by atoms with Crippen LogP contribution in [0.3, 0.4) is 0 Å². The first-order valence-corrected chi connectivity index (χ1v) is 10.5. The molecule has 29 heavy (non-hydrogen) atoms. The summed E-state index contributed by atoms with van der Waals surface area (Å²) >= 11 is 1.67. The highest BCUT2D eigenvalue weighted by molar-refractivity contribution is 7.09. The Bertz CT molecular complexity index is 917. The lowest BCUT2D eigenvalue weighted by Gasteiger charge is -2.21. The second-order valence-corrected chi connectivity index (χ2v) is 8.08. The smallest absolute Gasteiger partial charge is 0.238 e. The highest BCUT2D eigenvalue weighted by Gasteiger charge is 2.22. The molecule has 0 saturated carbocycles. The van der Waals surface area contributed by atoms with Crippen LogP contribution in [0.5, 0.6) is 0 Å². The SMILES string of the molecule is O=C(CN(Cc1ccco1)Cc1cccs1)Nc1cccc(N2CCCC2=O)c1. The molecule has 2 aromatic heterocycles. The Hall–Kier alpha value is -2.90. The Morgan fingerprint density at radius 2 is 2.10 bits per heavy atom. The third kappa shape index (κ3) is 5.13. The van der Waals surface area contributed by atoms with Gasteiger partial charge in [0.15, 0.2) is 0 Å². The van der Waals surface area contributed by atoms with Gasteiger partial charge in [-0.15, -0.1) is 11.3 Å². The molecule has 6 nitrogen and oxygen atoms in total. The minimum absolute atomic E-state index is 0.0991. The number of rotatable bonds is 8. The van der Waals surface area contributed by atoms with Crippen LogP contribution in [0, 0.1) is 0 Å². The van der Waals surface area contributed by atoms with Crippen LogP contribution in [0.4, 0.5) is 11.4 Å². The van der Waals surface area contributed by atoms with E-state index in [1.165, 1.54) is 4.88 Å². The average molecular weight is 410 g/mol. The van der Waals surface area contributed by atoms with Crippen LogP contribution >= 0.6 is 11.3 Å². The predicted molar refractivity (Wildman–Crippen MR) is 114 cm³/mol. The molecule has 1 aromatic carbocycles. The number of anilines is 2. The zero-order valence-electron chi connectivity index (χ0n) is 16.0. The summed E-state index contributed by atoms with van der Waals surface area (Å²) in [7, 11) is 0. The molecule has 1 aliphatic rings. The minimum Gasteiger partial charge on any atom is -0.468 e. The number of carbonyl (C=O) groups is 2. The highest BCUT2D eigenvalue weighted by Crippen LogP contribution is 2.24. The van der Waals surface area contributed by atoms with Crippen LogP contribution in [-0.2, 0) is 22.7 Å². The maximum absolute atomic E-state index is 12.7. The number of hydrogen-bond donors (Lipinski definition) is 1. The monoisotopic (exact) mass is 409 g/mol. The Morgan fingerprint density at radius 1 is 1.17 bits per heavy atom. The van der Waals surface area contributed by atoms with Gasteiger partial charge in [0.1, 0.15) is 5.76 Å². The van der Waals surface area contributed by atoms with E-state index in [-0.39, 0.29) is 18.4 Å². The maximum atomic E-state index is 12.7. The summed E-state index contributed by atoms with van der Waals surface area (Å²) in [6, 6.07) is 15.3. The van der Waals surface area contributed by atoms with Crippen molar-refractivity contribution < 1.29 is 14.0 Å². The molecule has 3 aromatic rings. The number of benzene rings is 1. The number of furan rings is 1. The highest BCUT2D eigenvalue weighted by atomic mass is 32.1. The number of hydrogen-bond acceptors (Lipinski definition) is 5. The van der Waals surface area contributed by atoms with Crippen molar-refractivity contribution in [1.82, 2.24) is 4.90 Å². The molecule has 0 aliphatic carbocycles. The van der Waals surface area contributed by atoms with Crippen molar-refractivity contribution >= 4 is 34.5 Å². The van der Waals surface area contributed by atoms with E-state index in [1.54, 1.807) is 22.5 Å². The Kier molecular flexibility index (Phi) is 6.07. The van der Waals surface area contributed by atoms with Crippen LogP contribution < -0.4 is 10.2 Å². The summed E-state index contributed by atoms with van der Waals surface area (Å²) < 4.78 is 5.46. The molecular weight excluding hydrogens is 386 g/mol. The molecule has 3 heterocycles. The lowest BCUT2D eigenvalue weighted by molar-refractivity contribution is -0.118. The van der Waals surface area contributed by atoms with Crippen molar-refractivity contribution in [3.63, 3.8) is 0 Å². The molecule has 1 N–H and O–H groups in total. The second-order valence-electron chi connectivity index (χ2n) is 7.05. The minimum atomic E-state index is -0.0991. The fourth-order valence-corrected chi connectivity index (χ4v) is 4.24. The molecule has 4 rings (SSSR count). The van der Waals surface area contributed by atoms with Gasteiger partial charge in [-0.1, -0.05) is 12.1 Å². The van der Waals surface area contributed by atoms with Crippen LogP contribution in [0.1, 0.15) is 23.5 Å². The molecule has 0 bridgehead atoms. The molecule has 7 heteroatoms. The topological polar surface area (TPSA) is 65.8 Å². The summed E-state index contributed by atoms with van der Waals surface area (Å²) in [6.07, 6.45) is 3.10. The first kappa shape index (κ1) is 19.4. The lowest BCUT2D eigenvalue weighted by atomic mass is 10.2. The molecule has 150 valence electrons. The van der Waals surface area contributed by atoms with Gasteiger partial charge in [0.2, 0.25) is 11.8 Å². The predicted octanol–water partition coefficient (Wildman–Crippen LogP) is 4.11. The molecule has 1 fully saturated rings. The molecule has 0 atom stereocenters. The van der Waals surface area contributed by atoms with Gasteiger partial charge < -0.3 is 14.6 Å². The van der Waals surface area contributed by atoms with Crippen LogP contribution in [0.25, 0.3) is 0 Å². The summed E-state index contributed by atoms with van der Waals surface area (Å²) in [5.74, 6) is 0.857. The van der Waals surface area contributed by atoms with E-state index < -0.39 is 0 Å². The third-order valence-electron chi connectivity index (χ3n) is 4.80. The van der Waals surface area contributed by atoms with E-state index in [4.69, 9.17) is 4.42 Å². The van der Waals surface area contributed by atoms with Crippen LogP contribution in [0.15, 0.2) is 64.6 Å². The number of carbonyl (C=O) groups excluding carboxylic acids is 2. The number of thiophene rings is 1. The van der Waals surface area contributed by atoms with Crippen molar-refractivity contribution in [2.24, 2.45) is 0 Å². The molecule has 0 unspecified atom stereocenters. The van der Waals surface area contributed by atoms with Gasteiger partial charge in [-0.3, -0.25) is 14.5 Å². The first-order chi connectivity index (χ1) is 14.2. The fraction of sp³-hybridized carbons (Fsp3) is 0.273. The van der Waals surface area contributed by atoms with Gasteiger partial charge in [0.25, 0.3) is 0 Å². The molecule has 2 amide bonds. The summed E-state index contributed by atoms with van der Waals surface area (Å²) in [6.45, 7) is 2.20. The van der Waals surface area contributed by atoms with Gasteiger partial charge in [0, 0.05) is 35.8 Å². The van der Waals surface area contributed by atoms with Gasteiger partial charge >= 0.3 is 0 Å². The van der Waals surface area contributed by atoms with E-state index in [9.17, 15) is 9.59 Å². The summed E-state index contributed by atoms with van der Waals surface area (Å²) in [5.41, 5.74) is 1.53. The zero-order valence-corrected chi connectivity index (χ0v) is 16.9. The van der Waals surface area contributed by atoms with Gasteiger partial charge in [-0.2, -0.15) is 0 Å². The largest absolute Gasteiger partial charge is 0.468 e. The molecule has 0 radical (unpaired) electrons. The van der Waals surface area contributed by atoms with E-state index in [1.807, 2.05) is 52.7 Å². The Balaban J connectivity index is 1.41. The van der Waals surface area contributed by atoms with Crippen molar-refractivity contribution in [2.75, 3.05) is 23.3 Å².